The van der Waals surface area contributed by atoms with Crippen LogP contribution in [0.25, 0.3) is 0 Å². The second-order valence-electron chi connectivity index (χ2n) is 6.76. The van der Waals surface area contributed by atoms with E-state index in [4.69, 9.17) is 4.42 Å². The molecule has 5 heteroatoms. The van der Waals surface area contributed by atoms with Gasteiger partial charge in [-0.15, -0.1) is 0 Å². The third kappa shape index (κ3) is 3.83. The van der Waals surface area contributed by atoms with Crippen molar-refractivity contribution >= 4 is 5.96 Å². The predicted octanol–water partition coefficient (Wildman–Crippen LogP) is 2.57. The van der Waals surface area contributed by atoms with Gasteiger partial charge < -0.3 is 19.7 Å². The van der Waals surface area contributed by atoms with Crippen molar-refractivity contribution in [3.05, 3.63) is 24.2 Å². The van der Waals surface area contributed by atoms with E-state index < -0.39 is 5.60 Å². The van der Waals surface area contributed by atoms with Crippen LogP contribution in [0.2, 0.25) is 0 Å². The minimum Gasteiger partial charge on any atom is -0.466 e. The summed E-state index contributed by atoms with van der Waals surface area (Å²) in [4.78, 5) is 6.94. The average molecular weight is 307 g/mol. The van der Waals surface area contributed by atoms with Crippen molar-refractivity contribution in [1.82, 2.24) is 10.2 Å². The molecule has 0 spiro atoms. The Morgan fingerprint density at radius 1 is 1.55 bits per heavy atom. The van der Waals surface area contributed by atoms with E-state index in [1.54, 1.807) is 25.3 Å². The van der Waals surface area contributed by atoms with Gasteiger partial charge in [0.05, 0.1) is 12.8 Å². The second kappa shape index (κ2) is 6.73. The summed E-state index contributed by atoms with van der Waals surface area (Å²) in [5.74, 6) is 1.43. The van der Waals surface area contributed by atoms with E-state index >= 15 is 0 Å². The molecule has 1 aromatic rings. The normalized spacial score (nSPS) is 25.3. The van der Waals surface area contributed by atoms with Gasteiger partial charge >= 0.3 is 0 Å². The predicted molar refractivity (Wildman–Crippen MR) is 88.8 cm³/mol. The summed E-state index contributed by atoms with van der Waals surface area (Å²) in [5.41, 5.74) is -0.725. The fourth-order valence-electron chi connectivity index (χ4n) is 2.81. The molecule has 0 amide bonds. The maximum atomic E-state index is 10.5. The van der Waals surface area contributed by atoms with Crippen molar-refractivity contribution in [2.24, 2.45) is 10.4 Å². The number of nitrogens with one attached hydrogen (secondary N) is 1. The summed E-state index contributed by atoms with van der Waals surface area (Å²) < 4.78 is 5.31. The Kier molecular flexibility index (Phi) is 5.16. The van der Waals surface area contributed by atoms with Crippen LogP contribution in [0.5, 0.6) is 0 Å². The van der Waals surface area contributed by atoms with Crippen molar-refractivity contribution in [3.63, 3.8) is 0 Å². The molecule has 0 aromatic carbocycles. The Morgan fingerprint density at radius 3 is 2.86 bits per heavy atom. The van der Waals surface area contributed by atoms with Crippen LogP contribution in [-0.2, 0) is 5.60 Å². The third-order valence-electron chi connectivity index (χ3n) is 4.63. The summed E-state index contributed by atoms with van der Waals surface area (Å²) in [6.45, 7) is 11.5. The smallest absolute Gasteiger partial charge is 0.194 e. The molecule has 0 aliphatic carbocycles. The van der Waals surface area contributed by atoms with E-state index in [0.717, 1.165) is 25.6 Å². The number of rotatable bonds is 5. The molecule has 22 heavy (non-hydrogen) atoms. The molecule has 2 heterocycles. The fraction of sp³-hybridized carbons (Fsp3) is 0.706. The second-order valence-corrected chi connectivity index (χ2v) is 6.76. The molecule has 0 radical (unpaired) electrons. The summed E-state index contributed by atoms with van der Waals surface area (Å²) in [6.07, 6.45) is 3.93. The van der Waals surface area contributed by atoms with Crippen molar-refractivity contribution in [3.8, 4) is 0 Å². The van der Waals surface area contributed by atoms with Gasteiger partial charge in [0.15, 0.2) is 5.96 Å². The largest absolute Gasteiger partial charge is 0.466 e. The first kappa shape index (κ1) is 16.9. The fourth-order valence-corrected chi connectivity index (χ4v) is 2.81. The molecule has 1 saturated heterocycles. The van der Waals surface area contributed by atoms with Gasteiger partial charge in [0.2, 0.25) is 0 Å². The van der Waals surface area contributed by atoms with Gasteiger partial charge in [-0.2, -0.15) is 0 Å². The van der Waals surface area contributed by atoms with Crippen LogP contribution in [0.1, 0.15) is 46.3 Å². The Hall–Kier alpha value is -1.49. The highest BCUT2D eigenvalue weighted by atomic mass is 16.4. The lowest BCUT2D eigenvalue weighted by Gasteiger charge is -2.26. The highest BCUT2D eigenvalue weighted by molar-refractivity contribution is 5.80. The zero-order chi connectivity index (χ0) is 16.2. The van der Waals surface area contributed by atoms with E-state index in [2.05, 4.69) is 36.0 Å². The van der Waals surface area contributed by atoms with Crippen LogP contribution in [0.15, 0.2) is 27.8 Å². The van der Waals surface area contributed by atoms with Crippen LogP contribution in [0.4, 0.5) is 0 Å². The molecular weight excluding hydrogens is 278 g/mol. The lowest BCUT2D eigenvalue weighted by Crippen LogP contribution is -2.42. The summed E-state index contributed by atoms with van der Waals surface area (Å²) >= 11 is 0. The van der Waals surface area contributed by atoms with E-state index in [-0.39, 0.29) is 6.54 Å². The van der Waals surface area contributed by atoms with Crippen LogP contribution in [-0.4, -0.2) is 42.1 Å². The molecule has 2 N–H and O–H groups in total. The molecule has 2 rings (SSSR count). The van der Waals surface area contributed by atoms with E-state index in [1.807, 2.05) is 0 Å². The molecule has 2 unspecified atom stereocenters. The molecule has 5 nitrogen and oxygen atoms in total. The molecular formula is C17H29N3O2. The van der Waals surface area contributed by atoms with E-state index in [9.17, 15) is 5.11 Å². The van der Waals surface area contributed by atoms with Crippen LogP contribution >= 0.6 is 0 Å². The number of aliphatic imine (C=N–C) groups is 1. The standard InChI is InChI=1S/C17H29N3O2/c1-5-16(3)9-10-20(13-16)15(18-6-2)19-12-17(4,21)14-8-7-11-22-14/h7-8,11,21H,5-6,9-10,12-13H2,1-4H3,(H,18,19). The molecule has 1 aromatic heterocycles. The number of hydrogen-bond donors (Lipinski definition) is 2. The number of furan rings is 1. The molecule has 0 bridgehead atoms. The maximum Gasteiger partial charge on any atom is 0.194 e. The monoisotopic (exact) mass is 307 g/mol. The first-order valence-electron chi connectivity index (χ1n) is 8.20. The lowest BCUT2D eigenvalue weighted by atomic mass is 9.87. The SMILES string of the molecule is CCNC(=NCC(C)(O)c1ccco1)N1CCC(C)(CC)C1. The Morgan fingerprint density at radius 2 is 2.32 bits per heavy atom. The Labute approximate surface area is 133 Å². The molecule has 124 valence electrons. The van der Waals surface area contributed by atoms with Gasteiger partial charge in [-0.05, 0) is 44.2 Å². The zero-order valence-electron chi connectivity index (χ0n) is 14.2. The molecule has 1 aliphatic heterocycles. The van der Waals surface area contributed by atoms with Crippen molar-refractivity contribution in [1.29, 1.82) is 0 Å². The highest BCUT2D eigenvalue weighted by Crippen LogP contribution is 2.33. The topological polar surface area (TPSA) is 61.0 Å². The van der Waals surface area contributed by atoms with Gasteiger partial charge in [-0.25, -0.2) is 4.99 Å². The number of guanidine groups is 1. The van der Waals surface area contributed by atoms with Gasteiger partial charge in [0, 0.05) is 19.6 Å². The summed E-state index contributed by atoms with van der Waals surface area (Å²) in [5, 5.41) is 13.9. The van der Waals surface area contributed by atoms with Gasteiger partial charge in [-0.3, -0.25) is 0 Å². The van der Waals surface area contributed by atoms with Gasteiger partial charge in [0.1, 0.15) is 11.4 Å². The third-order valence-corrected chi connectivity index (χ3v) is 4.63. The zero-order valence-corrected chi connectivity index (χ0v) is 14.2. The van der Waals surface area contributed by atoms with Crippen LogP contribution in [0.3, 0.4) is 0 Å². The number of nitrogens with zero attached hydrogens (tertiary/aromatic N) is 2. The first-order chi connectivity index (χ1) is 10.4. The summed E-state index contributed by atoms with van der Waals surface area (Å²) in [6, 6.07) is 3.57. The Bertz CT molecular complexity index is 496. The molecule has 2 atom stereocenters. The van der Waals surface area contributed by atoms with Crippen molar-refractivity contribution in [2.45, 2.75) is 46.1 Å². The molecule has 1 fully saturated rings. The maximum absolute atomic E-state index is 10.5. The summed E-state index contributed by atoms with van der Waals surface area (Å²) in [7, 11) is 0. The van der Waals surface area contributed by atoms with Gasteiger partial charge in [-0.1, -0.05) is 13.8 Å². The minimum absolute atomic E-state index is 0.280. The number of aliphatic hydroxyl groups is 1. The molecule has 1 aliphatic rings. The first-order valence-corrected chi connectivity index (χ1v) is 8.20. The van der Waals surface area contributed by atoms with E-state index in [0.29, 0.717) is 11.2 Å². The van der Waals surface area contributed by atoms with E-state index in [1.165, 1.54) is 12.8 Å². The lowest BCUT2D eigenvalue weighted by molar-refractivity contribution is 0.0435. The highest BCUT2D eigenvalue weighted by Gasteiger charge is 2.34. The van der Waals surface area contributed by atoms with Gasteiger partial charge in [0.25, 0.3) is 0 Å². The number of hydrogen-bond acceptors (Lipinski definition) is 3. The minimum atomic E-state index is -1.09. The average Bonchev–Trinajstić information content (AvgIpc) is 3.14. The van der Waals surface area contributed by atoms with Crippen LogP contribution in [0, 0.1) is 5.41 Å². The van der Waals surface area contributed by atoms with Crippen LogP contribution < -0.4 is 5.32 Å². The molecule has 0 saturated carbocycles. The Balaban J connectivity index is 2.08. The number of likely N-dealkylation sites (tertiary alicyclic amines) is 1. The van der Waals surface area contributed by atoms with Crippen molar-refractivity contribution in [2.75, 3.05) is 26.2 Å². The quantitative estimate of drug-likeness (QED) is 0.648. The van der Waals surface area contributed by atoms with Crippen molar-refractivity contribution < 1.29 is 9.52 Å².